The van der Waals surface area contributed by atoms with Gasteiger partial charge in [0.15, 0.2) is 22.8 Å². The highest BCUT2D eigenvalue weighted by Gasteiger charge is 2.75. The summed E-state index contributed by atoms with van der Waals surface area (Å²) in [5, 5.41) is 0. The maximum absolute atomic E-state index is 14.8. The molecule has 188 valence electrons. The molecule has 1 heterocycles. The van der Waals surface area contributed by atoms with Gasteiger partial charge < -0.3 is 4.74 Å². The van der Waals surface area contributed by atoms with Crippen molar-refractivity contribution in [2.24, 2.45) is 28.1 Å². The highest BCUT2D eigenvalue weighted by Crippen LogP contribution is 2.67. The predicted octanol–water partition coefficient (Wildman–Crippen LogP) is 6.94. The molecule has 0 N–H and O–H groups in total. The Kier molecular flexibility index (Phi) is 6.74. The topological polar surface area (TPSA) is 60.4 Å². The van der Waals surface area contributed by atoms with Gasteiger partial charge in [-0.15, -0.1) is 0 Å². The predicted molar refractivity (Wildman–Crippen MR) is 136 cm³/mol. The van der Waals surface area contributed by atoms with Crippen molar-refractivity contribution >= 4 is 17.3 Å². The standard InChI is InChI=1S/C30H44O4/c1-18(2)11-12-21-17-29(16-13-19(3)4)25-22(14-15-27(7,8)34-25)24(32)30(26(29)33,28(21,9)10)23(31)20(5)6/h11,13,20-21H,12,14-17H2,1-10H3/t21-,29-,30-/m0/s1. The van der Waals surface area contributed by atoms with E-state index in [0.29, 0.717) is 37.0 Å². The summed E-state index contributed by atoms with van der Waals surface area (Å²) < 4.78 is 6.55. The molecule has 4 nitrogen and oxygen atoms in total. The van der Waals surface area contributed by atoms with Gasteiger partial charge in [0.05, 0.1) is 5.41 Å². The van der Waals surface area contributed by atoms with E-state index in [-0.39, 0.29) is 23.3 Å². The second-order valence-corrected chi connectivity index (χ2v) is 12.8. The molecule has 0 aromatic heterocycles. The molecule has 0 radical (unpaired) electrons. The quantitative estimate of drug-likeness (QED) is 0.313. The molecule has 3 aliphatic rings. The second-order valence-electron chi connectivity index (χ2n) is 12.8. The van der Waals surface area contributed by atoms with Crippen LogP contribution in [0.15, 0.2) is 34.6 Å². The molecule has 3 rings (SSSR count). The molecule has 0 spiro atoms. The van der Waals surface area contributed by atoms with E-state index >= 15 is 0 Å². The summed E-state index contributed by atoms with van der Waals surface area (Å²) in [6.07, 6.45) is 7.29. The highest BCUT2D eigenvalue weighted by atomic mass is 16.5. The van der Waals surface area contributed by atoms with Gasteiger partial charge in [-0.3, -0.25) is 14.4 Å². The minimum Gasteiger partial charge on any atom is -0.491 e. The number of allylic oxidation sites excluding steroid dienone is 6. The van der Waals surface area contributed by atoms with Gasteiger partial charge >= 0.3 is 0 Å². The van der Waals surface area contributed by atoms with Crippen molar-refractivity contribution in [2.75, 3.05) is 0 Å². The highest BCUT2D eigenvalue weighted by molar-refractivity contribution is 6.33. The Morgan fingerprint density at radius 1 is 1.03 bits per heavy atom. The number of hydrogen-bond donors (Lipinski definition) is 0. The molecule has 0 unspecified atom stereocenters. The lowest BCUT2D eigenvalue weighted by atomic mass is 9.39. The summed E-state index contributed by atoms with van der Waals surface area (Å²) in [5.41, 5.74) is -1.01. The van der Waals surface area contributed by atoms with Crippen LogP contribution in [0.3, 0.4) is 0 Å². The van der Waals surface area contributed by atoms with Crippen molar-refractivity contribution in [3.8, 4) is 0 Å². The second kappa shape index (κ2) is 8.60. The van der Waals surface area contributed by atoms with Gasteiger partial charge in [-0.1, -0.05) is 51.0 Å². The minimum absolute atomic E-state index is 0.0139. The first-order valence-corrected chi connectivity index (χ1v) is 12.9. The molecule has 3 atom stereocenters. The normalized spacial score (nSPS) is 31.6. The third-order valence-electron chi connectivity index (χ3n) is 8.60. The summed E-state index contributed by atoms with van der Waals surface area (Å²) in [4.78, 5) is 43.3. The SMILES string of the molecule is CC(C)=CC[C@H]1C[C@]2(CC=C(C)C)C(=O)[C@](C(=O)C(C)C)(C(=O)C3=C2OC(C)(C)CC3)C1(C)C. The van der Waals surface area contributed by atoms with E-state index in [1.807, 2.05) is 55.4 Å². The van der Waals surface area contributed by atoms with E-state index in [1.54, 1.807) is 0 Å². The Hall–Kier alpha value is -1.97. The number of carbonyl (C=O) groups excluding carboxylic acids is 3. The van der Waals surface area contributed by atoms with Crippen LogP contribution in [0.4, 0.5) is 0 Å². The summed E-state index contributed by atoms with van der Waals surface area (Å²) in [7, 11) is 0. The number of fused-ring (bicyclic) bond motifs is 3. The smallest absolute Gasteiger partial charge is 0.183 e. The summed E-state index contributed by atoms with van der Waals surface area (Å²) >= 11 is 0. The molecular formula is C30H44O4. The van der Waals surface area contributed by atoms with Crippen LogP contribution in [0.5, 0.6) is 0 Å². The number of carbonyl (C=O) groups is 3. The number of rotatable bonds is 6. The van der Waals surface area contributed by atoms with Gasteiger partial charge in [-0.05, 0) is 85.0 Å². The van der Waals surface area contributed by atoms with Crippen molar-refractivity contribution in [2.45, 2.75) is 107 Å². The van der Waals surface area contributed by atoms with Crippen LogP contribution < -0.4 is 0 Å². The molecule has 2 bridgehead atoms. The van der Waals surface area contributed by atoms with Crippen LogP contribution in [0, 0.1) is 28.1 Å². The van der Waals surface area contributed by atoms with Gasteiger partial charge in [0.1, 0.15) is 11.4 Å². The van der Waals surface area contributed by atoms with Gasteiger partial charge in [0.2, 0.25) is 0 Å². The first kappa shape index (κ1) is 26.6. The van der Waals surface area contributed by atoms with E-state index in [4.69, 9.17) is 4.74 Å². The number of Topliss-reactive ketones (excluding diaryl/α,β-unsaturated/α-hetero) is 3. The van der Waals surface area contributed by atoms with Crippen molar-refractivity contribution < 1.29 is 19.1 Å². The van der Waals surface area contributed by atoms with Crippen LogP contribution in [-0.4, -0.2) is 23.0 Å². The zero-order valence-corrected chi connectivity index (χ0v) is 23.0. The molecule has 2 aliphatic carbocycles. The maximum atomic E-state index is 14.8. The van der Waals surface area contributed by atoms with E-state index in [0.717, 1.165) is 12.0 Å². The van der Waals surface area contributed by atoms with Gasteiger partial charge in [0, 0.05) is 11.5 Å². The fourth-order valence-corrected chi connectivity index (χ4v) is 6.45. The largest absolute Gasteiger partial charge is 0.491 e. The third-order valence-corrected chi connectivity index (χ3v) is 8.60. The van der Waals surface area contributed by atoms with Gasteiger partial charge in [0.25, 0.3) is 0 Å². The molecule has 1 saturated carbocycles. The molecule has 34 heavy (non-hydrogen) atoms. The number of hydrogen-bond acceptors (Lipinski definition) is 4. The van der Waals surface area contributed by atoms with E-state index in [9.17, 15) is 14.4 Å². The third kappa shape index (κ3) is 3.76. The molecule has 1 aliphatic heterocycles. The van der Waals surface area contributed by atoms with E-state index in [1.165, 1.54) is 5.57 Å². The average molecular weight is 469 g/mol. The molecule has 0 aromatic carbocycles. The van der Waals surface area contributed by atoms with Crippen LogP contribution in [0.25, 0.3) is 0 Å². The van der Waals surface area contributed by atoms with E-state index in [2.05, 4.69) is 26.0 Å². The zero-order chi connectivity index (χ0) is 25.9. The molecule has 1 fully saturated rings. The van der Waals surface area contributed by atoms with Crippen LogP contribution in [0.1, 0.15) is 101 Å². The first-order chi connectivity index (χ1) is 15.5. The lowest BCUT2D eigenvalue weighted by molar-refractivity contribution is -0.181. The van der Waals surface area contributed by atoms with Crippen molar-refractivity contribution in [1.29, 1.82) is 0 Å². The molecular weight excluding hydrogens is 424 g/mol. The Balaban J connectivity index is 2.42. The van der Waals surface area contributed by atoms with Gasteiger partial charge in [-0.2, -0.15) is 0 Å². The molecule has 4 heteroatoms. The summed E-state index contributed by atoms with van der Waals surface area (Å²) in [6, 6.07) is 0. The molecule has 0 amide bonds. The lowest BCUT2D eigenvalue weighted by Gasteiger charge is -2.61. The maximum Gasteiger partial charge on any atom is 0.183 e. The average Bonchev–Trinajstić information content (AvgIpc) is 2.70. The Bertz CT molecular complexity index is 995. The van der Waals surface area contributed by atoms with Crippen LogP contribution in [-0.2, 0) is 19.1 Å². The van der Waals surface area contributed by atoms with Crippen LogP contribution in [0.2, 0.25) is 0 Å². The summed E-state index contributed by atoms with van der Waals surface area (Å²) in [5.74, 6) is -0.621. The van der Waals surface area contributed by atoms with Gasteiger partial charge in [-0.25, -0.2) is 0 Å². The number of ether oxygens (including phenoxy) is 1. The van der Waals surface area contributed by atoms with E-state index < -0.39 is 27.8 Å². The molecule has 0 saturated heterocycles. The first-order valence-electron chi connectivity index (χ1n) is 12.9. The monoisotopic (exact) mass is 468 g/mol. The summed E-state index contributed by atoms with van der Waals surface area (Å²) in [6.45, 7) is 19.8. The van der Waals surface area contributed by atoms with Crippen molar-refractivity contribution in [3.05, 3.63) is 34.6 Å². The molecule has 0 aromatic rings. The minimum atomic E-state index is -1.67. The van der Waals surface area contributed by atoms with Crippen LogP contribution >= 0.6 is 0 Å². The van der Waals surface area contributed by atoms with Crippen molar-refractivity contribution in [1.82, 2.24) is 0 Å². The lowest BCUT2D eigenvalue weighted by Crippen LogP contribution is -2.71. The Morgan fingerprint density at radius 2 is 1.62 bits per heavy atom. The fourth-order valence-electron chi connectivity index (χ4n) is 6.45. The Labute approximate surface area is 206 Å². The fraction of sp³-hybridized carbons (Fsp3) is 0.700. The van der Waals surface area contributed by atoms with Crippen molar-refractivity contribution in [3.63, 3.8) is 0 Å². The Morgan fingerprint density at radius 3 is 2.15 bits per heavy atom. The zero-order valence-electron chi connectivity index (χ0n) is 23.0. The number of ketones is 3.